The van der Waals surface area contributed by atoms with Gasteiger partial charge in [-0.25, -0.2) is 0 Å². The first-order valence-corrected chi connectivity index (χ1v) is 6.70. The summed E-state index contributed by atoms with van der Waals surface area (Å²) in [4.78, 5) is 2.63. The van der Waals surface area contributed by atoms with Crippen molar-refractivity contribution in [2.45, 2.75) is 38.6 Å². The molecule has 3 atom stereocenters. The summed E-state index contributed by atoms with van der Waals surface area (Å²) in [5, 5.41) is 0. The van der Waals surface area contributed by atoms with Crippen LogP contribution in [0.15, 0.2) is 30.3 Å². The highest BCUT2D eigenvalue weighted by Gasteiger charge is 2.41. The third-order valence-corrected chi connectivity index (χ3v) is 4.53. The van der Waals surface area contributed by atoms with Crippen molar-refractivity contribution in [1.82, 2.24) is 0 Å². The topological polar surface area (TPSA) is 3.24 Å². The lowest BCUT2D eigenvalue weighted by atomic mass is 9.93. The number of anilines is 1. The summed E-state index contributed by atoms with van der Waals surface area (Å²) < 4.78 is 0. The summed E-state index contributed by atoms with van der Waals surface area (Å²) in [6, 6.07) is 11.8. The maximum absolute atomic E-state index is 2.63. The molecule has 0 spiro atoms. The van der Waals surface area contributed by atoms with E-state index in [1.165, 1.54) is 31.4 Å². The van der Waals surface area contributed by atoms with E-state index in [0.29, 0.717) is 0 Å². The molecule has 2 aliphatic carbocycles. The molecular formula is C15H21N. The van der Waals surface area contributed by atoms with Gasteiger partial charge in [-0.1, -0.05) is 24.6 Å². The second kappa shape index (κ2) is 4.12. The van der Waals surface area contributed by atoms with Gasteiger partial charge in [0.15, 0.2) is 0 Å². The van der Waals surface area contributed by atoms with Crippen molar-refractivity contribution in [1.29, 1.82) is 0 Å². The predicted molar refractivity (Wildman–Crippen MR) is 68.7 cm³/mol. The summed E-state index contributed by atoms with van der Waals surface area (Å²) in [7, 11) is 0. The van der Waals surface area contributed by atoms with Crippen LogP contribution in [0.5, 0.6) is 0 Å². The zero-order chi connectivity index (χ0) is 11.0. The minimum atomic E-state index is 0.825. The third-order valence-electron chi connectivity index (χ3n) is 4.53. The molecule has 0 aromatic heterocycles. The lowest BCUT2D eigenvalue weighted by Gasteiger charge is -2.35. The molecule has 16 heavy (non-hydrogen) atoms. The van der Waals surface area contributed by atoms with E-state index in [-0.39, 0.29) is 0 Å². The van der Waals surface area contributed by atoms with Gasteiger partial charge in [0.2, 0.25) is 0 Å². The van der Waals surface area contributed by atoms with Gasteiger partial charge in [0.05, 0.1) is 0 Å². The van der Waals surface area contributed by atoms with Crippen LogP contribution in [0.4, 0.5) is 5.69 Å². The molecule has 0 saturated heterocycles. The highest BCUT2D eigenvalue weighted by atomic mass is 15.2. The Labute approximate surface area is 98.5 Å². The first-order valence-electron chi connectivity index (χ1n) is 6.70. The van der Waals surface area contributed by atoms with Gasteiger partial charge in [0.25, 0.3) is 0 Å². The van der Waals surface area contributed by atoms with Crippen LogP contribution in [0.25, 0.3) is 0 Å². The van der Waals surface area contributed by atoms with Crippen LogP contribution in [-0.2, 0) is 0 Å². The number of fused-ring (bicyclic) bond motifs is 2. The van der Waals surface area contributed by atoms with Crippen LogP contribution in [0.2, 0.25) is 0 Å². The Hall–Kier alpha value is -0.980. The van der Waals surface area contributed by atoms with Crippen LogP contribution in [0.1, 0.15) is 32.6 Å². The van der Waals surface area contributed by atoms with Gasteiger partial charge in [-0.3, -0.25) is 0 Å². The molecule has 0 amide bonds. The van der Waals surface area contributed by atoms with Crippen molar-refractivity contribution < 1.29 is 0 Å². The minimum absolute atomic E-state index is 0.825. The Morgan fingerprint density at radius 1 is 1.12 bits per heavy atom. The van der Waals surface area contributed by atoms with Gasteiger partial charge in [0.1, 0.15) is 0 Å². The van der Waals surface area contributed by atoms with Crippen molar-refractivity contribution >= 4 is 5.69 Å². The van der Waals surface area contributed by atoms with Crippen molar-refractivity contribution in [2.24, 2.45) is 11.8 Å². The Morgan fingerprint density at radius 2 is 1.94 bits per heavy atom. The van der Waals surface area contributed by atoms with Gasteiger partial charge in [0, 0.05) is 18.3 Å². The molecule has 86 valence electrons. The average molecular weight is 215 g/mol. The minimum Gasteiger partial charge on any atom is -0.369 e. The molecule has 1 heteroatoms. The van der Waals surface area contributed by atoms with Crippen molar-refractivity contribution in [3.05, 3.63) is 30.3 Å². The molecule has 1 aromatic rings. The molecule has 0 heterocycles. The molecule has 1 nitrogen and oxygen atoms in total. The first-order chi connectivity index (χ1) is 7.88. The zero-order valence-corrected chi connectivity index (χ0v) is 10.1. The van der Waals surface area contributed by atoms with E-state index in [1.807, 2.05) is 0 Å². The lowest BCUT2D eigenvalue weighted by Crippen LogP contribution is -2.38. The Bertz CT molecular complexity index is 346. The van der Waals surface area contributed by atoms with Gasteiger partial charge in [-0.05, 0) is 50.2 Å². The maximum Gasteiger partial charge on any atom is 0.0368 e. The maximum atomic E-state index is 2.63. The molecule has 2 saturated carbocycles. The summed E-state index contributed by atoms with van der Waals surface area (Å²) >= 11 is 0. The SMILES string of the molecule is CCN(c1ccccc1)C1CC2CCC1C2. The third kappa shape index (κ3) is 1.63. The number of rotatable bonds is 3. The second-order valence-electron chi connectivity index (χ2n) is 5.36. The highest BCUT2D eigenvalue weighted by molar-refractivity contribution is 5.47. The molecule has 0 aliphatic heterocycles. The Kier molecular flexibility index (Phi) is 2.62. The Balaban J connectivity index is 1.81. The number of para-hydroxylation sites is 1. The van der Waals surface area contributed by atoms with Crippen LogP contribution < -0.4 is 4.90 Å². The van der Waals surface area contributed by atoms with Crippen LogP contribution in [-0.4, -0.2) is 12.6 Å². The summed E-state index contributed by atoms with van der Waals surface area (Å²) in [6.45, 7) is 3.44. The van der Waals surface area contributed by atoms with E-state index in [4.69, 9.17) is 0 Å². The van der Waals surface area contributed by atoms with Crippen molar-refractivity contribution in [3.8, 4) is 0 Å². The smallest absolute Gasteiger partial charge is 0.0368 e. The predicted octanol–water partition coefficient (Wildman–Crippen LogP) is 3.70. The largest absolute Gasteiger partial charge is 0.369 e. The fourth-order valence-electron chi connectivity index (χ4n) is 3.82. The highest BCUT2D eigenvalue weighted by Crippen LogP contribution is 2.47. The summed E-state index contributed by atoms with van der Waals surface area (Å²) in [5.74, 6) is 2.01. The van der Waals surface area contributed by atoms with Gasteiger partial charge in [-0.2, -0.15) is 0 Å². The van der Waals surface area contributed by atoms with Gasteiger partial charge < -0.3 is 4.90 Å². The van der Waals surface area contributed by atoms with Crippen LogP contribution in [0, 0.1) is 11.8 Å². The van der Waals surface area contributed by atoms with Crippen molar-refractivity contribution in [3.63, 3.8) is 0 Å². The van der Waals surface area contributed by atoms with Crippen LogP contribution >= 0.6 is 0 Å². The average Bonchev–Trinajstić information content (AvgIpc) is 2.94. The second-order valence-corrected chi connectivity index (χ2v) is 5.36. The normalized spacial score (nSPS) is 31.9. The van der Waals surface area contributed by atoms with E-state index in [0.717, 1.165) is 24.4 Å². The Morgan fingerprint density at radius 3 is 2.50 bits per heavy atom. The van der Waals surface area contributed by atoms with E-state index in [1.54, 1.807) is 0 Å². The van der Waals surface area contributed by atoms with E-state index >= 15 is 0 Å². The molecular weight excluding hydrogens is 194 g/mol. The number of benzene rings is 1. The quantitative estimate of drug-likeness (QED) is 0.743. The fraction of sp³-hybridized carbons (Fsp3) is 0.600. The van der Waals surface area contributed by atoms with Crippen molar-refractivity contribution in [2.75, 3.05) is 11.4 Å². The monoisotopic (exact) mass is 215 g/mol. The van der Waals surface area contributed by atoms with Gasteiger partial charge >= 0.3 is 0 Å². The summed E-state index contributed by atoms with van der Waals surface area (Å²) in [6.07, 6.45) is 5.90. The molecule has 2 fully saturated rings. The molecule has 2 bridgehead atoms. The molecule has 0 radical (unpaired) electrons. The standard InChI is InChI=1S/C15H21N/c1-2-16(14-6-4-3-5-7-14)15-11-12-8-9-13(15)10-12/h3-7,12-13,15H,2,8-11H2,1H3. The van der Waals surface area contributed by atoms with Crippen LogP contribution in [0.3, 0.4) is 0 Å². The number of hydrogen-bond acceptors (Lipinski definition) is 1. The lowest BCUT2D eigenvalue weighted by molar-refractivity contribution is 0.396. The number of nitrogens with zero attached hydrogens (tertiary/aromatic N) is 1. The van der Waals surface area contributed by atoms with E-state index < -0.39 is 0 Å². The molecule has 0 N–H and O–H groups in total. The van der Waals surface area contributed by atoms with Gasteiger partial charge in [-0.15, -0.1) is 0 Å². The molecule has 3 rings (SSSR count). The number of hydrogen-bond donors (Lipinski definition) is 0. The fourth-order valence-corrected chi connectivity index (χ4v) is 3.82. The van der Waals surface area contributed by atoms with E-state index in [9.17, 15) is 0 Å². The summed E-state index contributed by atoms with van der Waals surface area (Å²) in [5.41, 5.74) is 1.42. The molecule has 3 unspecified atom stereocenters. The molecule has 2 aliphatic rings. The molecule has 1 aromatic carbocycles. The first kappa shape index (κ1) is 10.2. The van der Waals surface area contributed by atoms with E-state index in [2.05, 4.69) is 42.2 Å². The zero-order valence-electron chi connectivity index (χ0n) is 10.1.